The van der Waals surface area contributed by atoms with Crippen molar-refractivity contribution in [2.24, 2.45) is 0 Å². The average Bonchev–Trinajstić information content (AvgIpc) is 2.45. The lowest BCUT2D eigenvalue weighted by atomic mass is 10.2. The number of nitrogens with zero attached hydrogens (tertiary/aromatic N) is 1. The minimum atomic E-state index is -3.47. The van der Waals surface area contributed by atoms with Crippen LogP contribution in [-0.4, -0.2) is 45.4 Å². The maximum Gasteiger partial charge on any atom is 0.258 e. The van der Waals surface area contributed by atoms with Crippen LogP contribution in [0.1, 0.15) is 32.3 Å². The highest BCUT2D eigenvalue weighted by Crippen LogP contribution is 2.23. The lowest BCUT2D eigenvalue weighted by Crippen LogP contribution is -2.36. The molecule has 130 valence electrons. The Balaban J connectivity index is 2.72. The number of hydrogen-bond donors (Lipinski definition) is 1. The van der Waals surface area contributed by atoms with E-state index in [9.17, 15) is 13.2 Å². The van der Waals surface area contributed by atoms with Crippen molar-refractivity contribution in [3.63, 3.8) is 0 Å². The molecule has 0 aromatic heterocycles. The molecule has 23 heavy (non-hydrogen) atoms. The van der Waals surface area contributed by atoms with Gasteiger partial charge in [-0.05, 0) is 44.0 Å². The minimum absolute atomic E-state index is 0.0886. The molecule has 1 atom stereocenters. The molecule has 0 bridgehead atoms. The molecule has 0 aliphatic rings. The van der Waals surface area contributed by atoms with Gasteiger partial charge in [0.1, 0.15) is 5.75 Å². The summed E-state index contributed by atoms with van der Waals surface area (Å²) in [5.41, 5.74) is 0.669. The smallest absolute Gasteiger partial charge is 0.258 e. The molecule has 0 aliphatic heterocycles. The van der Waals surface area contributed by atoms with Crippen molar-refractivity contribution in [1.82, 2.24) is 9.62 Å². The monoisotopic (exact) mass is 342 g/mol. The second kappa shape index (κ2) is 8.31. The highest BCUT2D eigenvalue weighted by atomic mass is 32.2. The van der Waals surface area contributed by atoms with Gasteiger partial charge in [-0.25, -0.2) is 12.7 Å². The first-order chi connectivity index (χ1) is 10.7. The van der Waals surface area contributed by atoms with Crippen LogP contribution in [0, 0.1) is 6.92 Å². The van der Waals surface area contributed by atoms with Gasteiger partial charge in [0.25, 0.3) is 5.91 Å². The van der Waals surface area contributed by atoms with Crippen molar-refractivity contribution in [3.8, 4) is 5.75 Å². The number of aryl methyl sites for hydroxylation is 1. The molecular weight excluding hydrogens is 316 g/mol. The van der Waals surface area contributed by atoms with E-state index in [-0.39, 0.29) is 23.5 Å². The van der Waals surface area contributed by atoms with E-state index in [2.05, 4.69) is 12.2 Å². The number of ether oxygens (including phenoxy) is 1. The number of sulfonamides is 1. The quantitative estimate of drug-likeness (QED) is 0.783. The summed E-state index contributed by atoms with van der Waals surface area (Å²) in [6.45, 7) is 5.68. The predicted molar refractivity (Wildman–Crippen MR) is 90.1 cm³/mol. The van der Waals surface area contributed by atoms with E-state index in [0.717, 1.165) is 17.1 Å². The maximum atomic E-state index is 12.1. The first-order valence-electron chi connectivity index (χ1n) is 7.63. The van der Waals surface area contributed by atoms with E-state index in [1.807, 2.05) is 6.92 Å². The zero-order valence-electron chi connectivity index (χ0n) is 14.4. The fraction of sp³-hybridized carbons (Fsp3) is 0.562. The normalized spacial score (nSPS) is 13.0. The van der Waals surface area contributed by atoms with Crippen molar-refractivity contribution in [1.29, 1.82) is 0 Å². The molecule has 1 aromatic rings. The molecule has 6 nitrogen and oxygen atoms in total. The lowest BCUT2D eigenvalue weighted by molar-refractivity contribution is -0.123. The Morgan fingerprint density at radius 2 is 2.00 bits per heavy atom. The van der Waals surface area contributed by atoms with Gasteiger partial charge in [-0.15, -0.1) is 0 Å². The summed E-state index contributed by atoms with van der Waals surface area (Å²) in [5, 5.41) is 2.85. The van der Waals surface area contributed by atoms with E-state index < -0.39 is 10.0 Å². The van der Waals surface area contributed by atoms with Crippen LogP contribution in [0.25, 0.3) is 0 Å². The first-order valence-corrected chi connectivity index (χ1v) is 9.07. The summed E-state index contributed by atoms with van der Waals surface area (Å²) in [7, 11) is -0.505. The molecule has 0 fully saturated rings. The first kappa shape index (κ1) is 19.4. The summed E-state index contributed by atoms with van der Waals surface area (Å²) >= 11 is 0. The number of carbonyl (C=O) groups excluding carboxylic acids is 1. The Hall–Kier alpha value is -1.60. The van der Waals surface area contributed by atoms with Crippen LogP contribution < -0.4 is 10.1 Å². The summed E-state index contributed by atoms with van der Waals surface area (Å²) in [5.74, 6) is 0.316. The van der Waals surface area contributed by atoms with E-state index in [1.165, 1.54) is 20.2 Å². The second-order valence-corrected chi connectivity index (χ2v) is 7.91. The Morgan fingerprint density at radius 3 is 2.52 bits per heavy atom. The molecule has 0 heterocycles. The molecule has 0 saturated heterocycles. The third-order valence-electron chi connectivity index (χ3n) is 3.41. The zero-order valence-corrected chi connectivity index (χ0v) is 15.2. The maximum absolute atomic E-state index is 12.1. The summed E-state index contributed by atoms with van der Waals surface area (Å²) in [4.78, 5) is 12.0. The molecule has 1 N–H and O–H groups in total. The Bertz CT molecular complexity index is 641. The van der Waals surface area contributed by atoms with Gasteiger partial charge in [0.2, 0.25) is 10.0 Å². The molecule has 0 unspecified atom stereocenters. The second-order valence-electron chi connectivity index (χ2n) is 5.76. The average molecular weight is 342 g/mol. The van der Waals surface area contributed by atoms with Crippen LogP contribution >= 0.6 is 0 Å². The molecule has 0 spiro atoms. The van der Waals surface area contributed by atoms with Gasteiger partial charge < -0.3 is 10.1 Å². The number of hydrogen-bond acceptors (Lipinski definition) is 4. The van der Waals surface area contributed by atoms with E-state index in [4.69, 9.17) is 4.74 Å². The highest BCUT2D eigenvalue weighted by Gasteiger charge is 2.18. The van der Waals surface area contributed by atoms with Crippen molar-refractivity contribution >= 4 is 15.9 Å². The van der Waals surface area contributed by atoms with Crippen molar-refractivity contribution < 1.29 is 17.9 Å². The summed E-state index contributed by atoms with van der Waals surface area (Å²) in [6.07, 6.45) is 1.92. The molecule has 0 aliphatic carbocycles. The predicted octanol–water partition coefficient (Wildman–Crippen LogP) is 1.93. The van der Waals surface area contributed by atoms with Crippen LogP contribution in [0.3, 0.4) is 0 Å². The van der Waals surface area contributed by atoms with Crippen LogP contribution in [-0.2, 0) is 14.8 Å². The van der Waals surface area contributed by atoms with E-state index >= 15 is 0 Å². The number of benzene rings is 1. The summed E-state index contributed by atoms with van der Waals surface area (Å²) < 4.78 is 30.8. The van der Waals surface area contributed by atoms with Crippen LogP contribution in [0.5, 0.6) is 5.75 Å². The molecule has 1 rings (SSSR count). The third kappa shape index (κ3) is 5.51. The van der Waals surface area contributed by atoms with Crippen LogP contribution in [0.4, 0.5) is 0 Å². The van der Waals surface area contributed by atoms with E-state index in [0.29, 0.717) is 11.3 Å². The van der Waals surface area contributed by atoms with Crippen molar-refractivity contribution in [2.45, 2.75) is 44.6 Å². The topological polar surface area (TPSA) is 75.7 Å². The molecule has 1 aromatic carbocycles. The lowest BCUT2D eigenvalue weighted by Gasteiger charge is -2.15. The molecule has 7 heteroatoms. The number of nitrogens with one attached hydrogen (secondary N) is 1. The molecule has 0 saturated carbocycles. The summed E-state index contributed by atoms with van der Waals surface area (Å²) in [6, 6.07) is 4.72. The fourth-order valence-electron chi connectivity index (χ4n) is 2.12. The molecule has 1 amide bonds. The van der Waals surface area contributed by atoms with Gasteiger partial charge in [0, 0.05) is 20.1 Å². The number of rotatable bonds is 8. The molecular formula is C16H26N2O4S. The van der Waals surface area contributed by atoms with Crippen molar-refractivity contribution in [3.05, 3.63) is 23.8 Å². The number of carbonyl (C=O) groups is 1. The third-order valence-corrected chi connectivity index (χ3v) is 5.22. The standard InChI is InChI=1S/C16H26N2O4S/c1-6-7-13(3)17-16(19)11-22-15-9-8-14(10-12(15)2)23(20,21)18(4)5/h8-10,13H,6-7,11H2,1-5H3,(H,17,19)/t13-/m0/s1. The Labute approximate surface area is 138 Å². The van der Waals surface area contributed by atoms with Gasteiger partial charge >= 0.3 is 0 Å². The van der Waals surface area contributed by atoms with Gasteiger partial charge in [0.05, 0.1) is 4.90 Å². The van der Waals surface area contributed by atoms with E-state index in [1.54, 1.807) is 19.1 Å². The highest BCUT2D eigenvalue weighted by molar-refractivity contribution is 7.89. The SMILES string of the molecule is CCC[C@H](C)NC(=O)COc1ccc(S(=O)(=O)N(C)C)cc1C. The van der Waals surface area contributed by atoms with Gasteiger partial charge in [-0.2, -0.15) is 0 Å². The molecule has 0 radical (unpaired) electrons. The fourth-order valence-corrected chi connectivity index (χ4v) is 3.11. The van der Waals surface area contributed by atoms with Gasteiger partial charge in [-0.1, -0.05) is 13.3 Å². The zero-order chi connectivity index (χ0) is 17.6. The Morgan fingerprint density at radius 1 is 1.35 bits per heavy atom. The van der Waals surface area contributed by atoms with Gasteiger partial charge in [0.15, 0.2) is 6.61 Å². The van der Waals surface area contributed by atoms with Crippen molar-refractivity contribution in [2.75, 3.05) is 20.7 Å². The van der Waals surface area contributed by atoms with Crippen LogP contribution in [0.15, 0.2) is 23.1 Å². The minimum Gasteiger partial charge on any atom is -0.484 e. The largest absolute Gasteiger partial charge is 0.484 e. The number of amides is 1. The Kier molecular flexibility index (Phi) is 7.02. The van der Waals surface area contributed by atoms with Gasteiger partial charge in [-0.3, -0.25) is 4.79 Å². The van der Waals surface area contributed by atoms with Crippen LogP contribution in [0.2, 0.25) is 0 Å².